The minimum Gasteiger partial charge on any atom is -0.474 e. The number of hydrogen-bond donors (Lipinski definition) is 3. The molecule has 2 aliphatic carbocycles. The van der Waals surface area contributed by atoms with Gasteiger partial charge in [-0.2, -0.15) is 0 Å². The van der Waals surface area contributed by atoms with E-state index in [9.17, 15) is 15.1 Å². The lowest BCUT2D eigenvalue weighted by Gasteiger charge is -2.29. The maximum absolute atomic E-state index is 13.3. The van der Waals surface area contributed by atoms with Gasteiger partial charge in [0.1, 0.15) is 17.9 Å². The summed E-state index contributed by atoms with van der Waals surface area (Å²) in [6.07, 6.45) is 6.34. The van der Waals surface area contributed by atoms with Crippen molar-refractivity contribution in [3.8, 4) is 5.88 Å². The molecule has 0 bridgehead atoms. The van der Waals surface area contributed by atoms with Gasteiger partial charge in [0.05, 0.1) is 6.04 Å². The van der Waals surface area contributed by atoms with Crippen LogP contribution in [-0.2, 0) is 17.6 Å². The Hall–Kier alpha value is -2.68. The van der Waals surface area contributed by atoms with Crippen molar-refractivity contribution in [2.45, 2.75) is 56.8 Å². The maximum Gasteiger partial charge on any atom is 0.269 e. The van der Waals surface area contributed by atoms with Crippen LogP contribution in [0.3, 0.4) is 0 Å². The highest BCUT2D eigenvalue weighted by atomic mass is 35.5. The summed E-state index contributed by atoms with van der Waals surface area (Å²) in [4.78, 5) is 19.9. The molecule has 3 aliphatic rings. The molecule has 1 saturated carbocycles. The molecule has 1 saturated heterocycles. The first kappa shape index (κ1) is 24.0. The number of aromatic nitrogens is 1. The Morgan fingerprint density at radius 1 is 1.20 bits per heavy atom. The highest BCUT2D eigenvalue weighted by Crippen LogP contribution is 2.31. The molecule has 1 aromatic carbocycles. The molecule has 3 N–H and O–H groups in total. The Bertz CT molecular complexity index is 1080. The molecule has 2 aromatic rings. The second kappa shape index (κ2) is 10.5. The van der Waals surface area contributed by atoms with E-state index in [1.54, 1.807) is 18.3 Å². The molecule has 186 valence electrons. The van der Waals surface area contributed by atoms with Crippen LogP contribution in [0.15, 0.2) is 41.7 Å². The van der Waals surface area contributed by atoms with Gasteiger partial charge in [0.25, 0.3) is 5.91 Å². The molecule has 1 unspecified atom stereocenters. The zero-order valence-electron chi connectivity index (χ0n) is 19.6. The fourth-order valence-corrected chi connectivity index (χ4v) is 5.22. The quantitative estimate of drug-likeness (QED) is 0.278. The Morgan fingerprint density at radius 3 is 2.66 bits per heavy atom. The second-order valence-electron chi connectivity index (χ2n) is 9.78. The number of aliphatic hydroxyl groups is 1. The topological polar surface area (TPSA) is 107 Å². The molecule has 3 atom stereocenters. The van der Waals surface area contributed by atoms with E-state index in [1.807, 2.05) is 18.2 Å². The third kappa shape index (κ3) is 5.77. The van der Waals surface area contributed by atoms with E-state index in [2.05, 4.69) is 20.4 Å². The van der Waals surface area contributed by atoms with E-state index in [0.717, 1.165) is 49.9 Å². The zero-order valence-corrected chi connectivity index (χ0v) is 20.3. The van der Waals surface area contributed by atoms with Crippen LogP contribution in [0.2, 0.25) is 5.02 Å². The zero-order chi connectivity index (χ0) is 24.4. The first-order chi connectivity index (χ1) is 17.0. The summed E-state index contributed by atoms with van der Waals surface area (Å²) in [6, 6.07) is 8.63. The lowest BCUT2D eigenvalue weighted by atomic mass is 9.97. The number of carbonyl (C=O) groups excluding carboxylic acids is 1. The predicted molar refractivity (Wildman–Crippen MR) is 132 cm³/mol. The van der Waals surface area contributed by atoms with Crippen molar-refractivity contribution in [2.24, 2.45) is 11.1 Å². The van der Waals surface area contributed by atoms with Crippen LogP contribution in [0.5, 0.6) is 5.88 Å². The Kier molecular flexibility index (Phi) is 7.22. The minimum atomic E-state index is -0.971. The van der Waals surface area contributed by atoms with E-state index in [0.29, 0.717) is 35.9 Å². The number of carbonyl (C=O) groups is 1. The molecular weight excluding hydrogens is 468 g/mol. The Morgan fingerprint density at radius 2 is 1.97 bits per heavy atom. The van der Waals surface area contributed by atoms with E-state index >= 15 is 0 Å². The monoisotopic (exact) mass is 498 g/mol. The normalized spacial score (nSPS) is 22.0. The number of aliphatic hydroxyl groups excluding tert-OH is 1. The standard InChI is InChI=1S/C26H31ClN4O4/c27-20-5-3-16-11-19(12-18(16)13-20)24(30-34)26(33)29-22(15-31-9-1-2-10-31)25(32)17-4-8-23(28-14-17)35-21-6-7-21/h3-5,8,13-14,19,21-22,25,32,34H,1-2,6-7,9-12,15H2,(H,29,33)/b30-24+/t19?,22-,25-/m1/s1. The van der Waals surface area contributed by atoms with E-state index in [1.165, 1.54) is 0 Å². The highest BCUT2D eigenvalue weighted by molar-refractivity contribution is 6.39. The first-order valence-electron chi connectivity index (χ1n) is 12.3. The van der Waals surface area contributed by atoms with Crippen molar-refractivity contribution < 1.29 is 19.8 Å². The Balaban J connectivity index is 1.29. The lowest BCUT2D eigenvalue weighted by Crippen LogP contribution is -2.49. The number of ether oxygens (including phenoxy) is 1. The summed E-state index contributed by atoms with van der Waals surface area (Å²) in [5, 5.41) is 28.0. The van der Waals surface area contributed by atoms with Crippen molar-refractivity contribution >= 4 is 23.2 Å². The summed E-state index contributed by atoms with van der Waals surface area (Å²) in [6.45, 7) is 2.34. The summed E-state index contributed by atoms with van der Waals surface area (Å²) >= 11 is 6.12. The fourth-order valence-electron chi connectivity index (χ4n) is 5.03. The van der Waals surface area contributed by atoms with Crippen LogP contribution in [0.4, 0.5) is 0 Å². The smallest absolute Gasteiger partial charge is 0.269 e. The van der Waals surface area contributed by atoms with Gasteiger partial charge in [-0.15, -0.1) is 0 Å². The maximum atomic E-state index is 13.3. The van der Waals surface area contributed by atoms with Crippen molar-refractivity contribution in [2.75, 3.05) is 19.6 Å². The second-order valence-corrected chi connectivity index (χ2v) is 10.2. The molecular formula is C26H31ClN4O4. The van der Waals surface area contributed by atoms with Gasteiger partial charge >= 0.3 is 0 Å². The molecule has 0 spiro atoms. The van der Waals surface area contributed by atoms with Gasteiger partial charge in [0.15, 0.2) is 0 Å². The largest absolute Gasteiger partial charge is 0.474 e. The van der Waals surface area contributed by atoms with Gasteiger partial charge in [0, 0.05) is 35.3 Å². The number of rotatable bonds is 9. The van der Waals surface area contributed by atoms with Crippen LogP contribution < -0.4 is 10.1 Å². The van der Waals surface area contributed by atoms with E-state index in [-0.39, 0.29) is 17.7 Å². The van der Waals surface area contributed by atoms with Gasteiger partial charge in [-0.05, 0) is 80.9 Å². The molecule has 5 rings (SSSR count). The number of oxime groups is 1. The molecule has 35 heavy (non-hydrogen) atoms. The predicted octanol–water partition coefficient (Wildman–Crippen LogP) is 3.14. The van der Waals surface area contributed by atoms with Gasteiger partial charge in [-0.25, -0.2) is 4.98 Å². The van der Waals surface area contributed by atoms with Crippen LogP contribution in [-0.4, -0.2) is 63.6 Å². The van der Waals surface area contributed by atoms with Gasteiger partial charge in [0.2, 0.25) is 5.88 Å². The molecule has 9 heteroatoms. The number of likely N-dealkylation sites (tertiary alicyclic amines) is 1. The molecule has 0 radical (unpaired) electrons. The number of amides is 1. The minimum absolute atomic E-state index is 0.0715. The number of benzene rings is 1. The van der Waals surface area contributed by atoms with Crippen molar-refractivity contribution in [1.29, 1.82) is 0 Å². The molecule has 2 heterocycles. The van der Waals surface area contributed by atoms with Crippen LogP contribution in [0, 0.1) is 5.92 Å². The molecule has 8 nitrogen and oxygen atoms in total. The number of fused-ring (bicyclic) bond motifs is 1. The van der Waals surface area contributed by atoms with Gasteiger partial charge in [-0.1, -0.05) is 22.8 Å². The number of halogens is 1. The number of pyridine rings is 1. The van der Waals surface area contributed by atoms with Gasteiger partial charge in [-0.3, -0.25) is 4.79 Å². The first-order valence-corrected chi connectivity index (χ1v) is 12.7. The summed E-state index contributed by atoms with van der Waals surface area (Å²) < 4.78 is 5.71. The summed E-state index contributed by atoms with van der Waals surface area (Å²) in [5.41, 5.74) is 2.83. The van der Waals surface area contributed by atoms with Crippen LogP contribution in [0.25, 0.3) is 0 Å². The summed E-state index contributed by atoms with van der Waals surface area (Å²) in [7, 11) is 0. The van der Waals surface area contributed by atoms with E-state index in [4.69, 9.17) is 16.3 Å². The van der Waals surface area contributed by atoms with Crippen molar-refractivity contribution in [1.82, 2.24) is 15.2 Å². The average molecular weight is 499 g/mol. The summed E-state index contributed by atoms with van der Waals surface area (Å²) in [5.74, 6) is -0.181. The van der Waals surface area contributed by atoms with Crippen molar-refractivity contribution in [3.05, 3.63) is 58.2 Å². The molecule has 1 aliphatic heterocycles. The molecule has 1 amide bonds. The lowest BCUT2D eigenvalue weighted by molar-refractivity contribution is -0.117. The van der Waals surface area contributed by atoms with Crippen molar-refractivity contribution in [3.63, 3.8) is 0 Å². The highest BCUT2D eigenvalue weighted by Gasteiger charge is 2.34. The Labute approximate surface area is 209 Å². The van der Waals surface area contributed by atoms with Gasteiger partial charge < -0.3 is 25.3 Å². The van der Waals surface area contributed by atoms with Crippen LogP contribution >= 0.6 is 11.6 Å². The SMILES string of the molecule is O=C(N[C@H](CN1CCCC1)[C@H](O)c1ccc(OC2CC2)nc1)/C(=N/O)C1Cc2ccc(Cl)cc2C1. The van der Waals surface area contributed by atoms with E-state index < -0.39 is 18.1 Å². The molecule has 1 aromatic heterocycles. The third-order valence-electron chi connectivity index (χ3n) is 7.09. The van der Waals surface area contributed by atoms with Crippen LogP contribution in [0.1, 0.15) is 48.5 Å². The molecule has 2 fully saturated rings. The number of hydrogen-bond acceptors (Lipinski definition) is 7. The average Bonchev–Trinajstić information content (AvgIpc) is 3.34. The third-order valence-corrected chi connectivity index (χ3v) is 7.33. The number of nitrogens with one attached hydrogen (secondary N) is 1. The fraction of sp³-hybridized carbons (Fsp3) is 0.500. The number of nitrogens with zero attached hydrogens (tertiary/aromatic N) is 3.